The highest BCUT2D eigenvalue weighted by Crippen LogP contribution is 2.27. The van der Waals surface area contributed by atoms with Gasteiger partial charge in [0, 0.05) is 35.2 Å². The summed E-state index contributed by atoms with van der Waals surface area (Å²) in [6.45, 7) is 1.14. The minimum atomic E-state index is -3.98. The third kappa shape index (κ3) is 6.92. The highest BCUT2D eigenvalue weighted by molar-refractivity contribution is 7.89. The van der Waals surface area contributed by atoms with Gasteiger partial charge in [-0.1, -0.05) is 78.9 Å². The monoisotopic (exact) mass is 589 g/mol. The fourth-order valence-corrected chi connectivity index (χ4v) is 6.55. The lowest BCUT2D eigenvalue weighted by Gasteiger charge is -2.32. The van der Waals surface area contributed by atoms with Gasteiger partial charge in [0.25, 0.3) is 0 Å². The molecule has 1 saturated carbocycles. The van der Waals surface area contributed by atoms with Crippen molar-refractivity contribution in [3.63, 3.8) is 0 Å². The minimum absolute atomic E-state index is 0.0412. The smallest absolute Gasteiger partial charge is 0.243 e. The molecular formula is C29H33Cl2N3O4S. The summed E-state index contributed by atoms with van der Waals surface area (Å²) < 4.78 is 27.8. The zero-order valence-electron chi connectivity index (χ0n) is 22.1. The topological polar surface area (TPSA) is 86.8 Å². The van der Waals surface area contributed by atoms with E-state index in [0.29, 0.717) is 15.6 Å². The number of sulfonamides is 1. The predicted octanol–water partition coefficient (Wildman–Crippen LogP) is 5.63. The molecule has 1 atom stereocenters. The van der Waals surface area contributed by atoms with Crippen LogP contribution in [0.5, 0.6) is 0 Å². The van der Waals surface area contributed by atoms with E-state index < -0.39 is 28.5 Å². The summed E-state index contributed by atoms with van der Waals surface area (Å²) in [5.41, 5.74) is 0.492. The third-order valence-corrected chi connectivity index (χ3v) is 9.80. The first-order valence-corrected chi connectivity index (χ1v) is 15.3. The number of hydrogen-bond donors (Lipinski definition) is 1. The Balaban J connectivity index is 1.57. The fraction of sp³-hybridized carbons (Fsp3) is 0.379. The van der Waals surface area contributed by atoms with Crippen LogP contribution in [0, 0.1) is 0 Å². The van der Waals surface area contributed by atoms with E-state index in [1.165, 1.54) is 18.0 Å². The molecule has 1 aliphatic carbocycles. The quantitative estimate of drug-likeness (QED) is 0.350. The summed E-state index contributed by atoms with van der Waals surface area (Å²) in [7, 11) is -2.63. The van der Waals surface area contributed by atoms with Crippen LogP contribution < -0.4 is 5.32 Å². The number of amides is 2. The SMILES string of the molecule is C[C@H](C(=O)NC1CCCCC1)N(Cc1c(Cl)cccc1Cl)C(=O)CN(C)S(=O)(=O)c1ccc2ccccc2c1. The van der Waals surface area contributed by atoms with E-state index in [1.54, 1.807) is 37.3 Å². The van der Waals surface area contributed by atoms with Crippen molar-refractivity contribution in [3.8, 4) is 0 Å². The Labute approximate surface area is 240 Å². The molecule has 0 unspecified atom stereocenters. The number of carbonyl (C=O) groups is 2. The Morgan fingerprint density at radius 1 is 0.949 bits per heavy atom. The molecule has 0 aromatic heterocycles. The Morgan fingerprint density at radius 3 is 2.26 bits per heavy atom. The van der Waals surface area contributed by atoms with E-state index in [0.717, 1.165) is 47.2 Å². The predicted molar refractivity (Wildman–Crippen MR) is 155 cm³/mol. The maximum absolute atomic E-state index is 13.7. The first kappa shape index (κ1) is 29.3. The zero-order chi connectivity index (χ0) is 28.2. The lowest BCUT2D eigenvalue weighted by molar-refractivity contribution is -0.141. The van der Waals surface area contributed by atoms with Gasteiger partial charge in [0.05, 0.1) is 11.4 Å². The second-order valence-electron chi connectivity index (χ2n) is 10.0. The summed E-state index contributed by atoms with van der Waals surface area (Å²) in [5.74, 6) is -0.831. The molecule has 0 bridgehead atoms. The Hall–Kier alpha value is -2.65. The average Bonchev–Trinajstić information content (AvgIpc) is 2.92. The number of halogens is 2. The third-order valence-electron chi connectivity index (χ3n) is 7.30. The van der Waals surface area contributed by atoms with Crippen LogP contribution in [0.4, 0.5) is 0 Å². The van der Waals surface area contributed by atoms with Crippen molar-refractivity contribution in [1.29, 1.82) is 0 Å². The molecule has 39 heavy (non-hydrogen) atoms. The molecule has 3 aromatic carbocycles. The maximum atomic E-state index is 13.7. The Morgan fingerprint density at radius 2 is 1.59 bits per heavy atom. The first-order chi connectivity index (χ1) is 18.6. The molecule has 0 heterocycles. The van der Waals surface area contributed by atoms with Gasteiger partial charge in [-0.05, 0) is 54.8 Å². The van der Waals surface area contributed by atoms with Gasteiger partial charge in [-0.3, -0.25) is 9.59 Å². The van der Waals surface area contributed by atoms with Gasteiger partial charge in [0.1, 0.15) is 6.04 Å². The van der Waals surface area contributed by atoms with Crippen LogP contribution in [0.3, 0.4) is 0 Å². The molecular weight excluding hydrogens is 557 g/mol. The van der Waals surface area contributed by atoms with Gasteiger partial charge in [0.15, 0.2) is 0 Å². The summed E-state index contributed by atoms with van der Waals surface area (Å²) in [6.07, 6.45) is 5.05. The van der Waals surface area contributed by atoms with Gasteiger partial charge in [0.2, 0.25) is 21.8 Å². The highest BCUT2D eigenvalue weighted by atomic mass is 35.5. The van der Waals surface area contributed by atoms with Gasteiger partial charge in [-0.25, -0.2) is 8.42 Å². The molecule has 4 rings (SSSR count). The lowest BCUT2D eigenvalue weighted by atomic mass is 9.95. The Bertz CT molecular complexity index is 1440. The van der Waals surface area contributed by atoms with E-state index in [4.69, 9.17) is 23.2 Å². The molecule has 0 saturated heterocycles. The number of nitrogens with one attached hydrogen (secondary N) is 1. The first-order valence-electron chi connectivity index (χ1n) is 13.1. The van der Waals surface area contributed by atoms with Crippen LogP contribution in [0.1, 0.15) is 44.6 Å². The van der Waals surface area contributed by atoms with Gasteiger partial charge < -0.3 is 10.2 Å². The Kier molecular flexibility index (Phi) is 9.54. The lowest BCUT2D eigenvalue weighted by Crippen LogP contribution is -2.52. The van der Waals surface area contributed by atoms with E-state index in [9.17, 15) is 18.0 Å². The summed E-state index contributed by atoms with van der Waals surface area (Å²) >= 11 is 12.8. The van der Waals surface area contributed by atoms with Crippen molar-refractivity contribution in [2.24, 2.45) is 0 Å². The highest BCUT2D eigenvalue weighted by Gasteiger charge is 2.32. The second kappa shape index (κ2) is 12.7. The normalized spacial score (nSPS) is 15.3. The van der Waals surface area contributed by atoms with Crippen LogP contribution >= 0.6 is 23.2 Å². The van der Waals surface area contributed by atoms with Crippen LogP contribution in [-0.4, -0.2) is 55.1 Å². The maximum Gasteiger partial charge on any atom is 0.243 e. The molecule has 10 heteroatoms. The molecule has 0 radical (unpaired) electrons. The van der Waals surface area contributed by atoms with Crippen LogP contribution in [0.15, 0.2) is 65.6 Å². The standard InChI is InChI=1S/C29H33Cl2N3O4S/c1-20(29(36)32-23-11-4-3-5-12-23)34(18-25-26(30)13-8-14-27(25)31)28(35)19-33(2)39(37,38)24-16-15-21-9-6-7-10-22(21)17-24/h6-10,13-17,20,23H,3-5,11-12,18-19H2,1-2H3,(H,32,36)/t20-/m1/s1. The second-order valence-corrected chi connectivity index (χ2v) is 12.9. The molecule has 2 amide bonds. The fourth-order valence-electron chi connectivity index (χ4n) is 4.88. The molecule has 3 aromatic rings. The van der Waals surface area contributed by atoms with E-state index in [2.05, 4.69) is 5.32 Å². The van der Waals surface area contributed by atoms with E-state index in [-0.39, 0.29) is 23.4 Å². The molecule has 7 nitrogen and oxygen atoms in total. The zero-order valence-corrected chi connectivity index (χ0v) is 24.4. The van der Waals surface area contributed by atoms with Crippen LogP contribution in [0.25, 0.3) is 10.8 Å². The number of rotatable bonds is 9. The van der Waals surface area contributed by atoms with Crippen molar-refractivity contribution >= 4 is 55.8 Å². The number of fused-ring (bicyclic) bond motifs is 1. The molecule has 208 valence electrons. The largest absolute Gasteiger partial charge is 0.352 e. The molecule has 0 spiro atoms. The summed E-state index contributed by atoms with van der Waals surface area (Å²) in [6, 6.07) is 16.5. The van der Waals surface area contributed by atoms with Gasteiger partial charge >= 0.3 is 0 Å². The number of hydrogen-bond acceptors (Lipinski definition) is 4. The van der Waals surface area contributed by atoms with Crippen molar-refractivity contribution in [3.05, 3.63) is 76.3 Å². The van der Waals surface area contributed by atoms with Crippen molar-refractivity contribution in [2.75, 3.05) is 13.6 Å². The summed E-state index contributed by atoms with van der Waals surface area (Å²) in [4.78, 5) is 28.3. The van der Waals surface area contributed by atoms with E-state index in [1.807, 2.05) is 24.3 Å². The van der Waals surface area contributed by atoms with Gasteiger partial charge in [-0.2, -0.15) is 4.31 Å². The number of nitrogens with zero attached hydrogens (tertiary/aromatic N) is 2. The molecule has 1 N–H and O–H groups in total. The molecule has 1 aliphatic rings. The van der Waals surface area contributed by atoms with Crippen molar-refractivity contribution < 1.29 is 18.0 Å². The van der Waals surface area contributed by atoms with Crippen LogP contribution in [-0.2, 0) is 26.2 Å². The number of carbonyl (C=O) groups excluding carboxylic acids is 2. The van der Waals surface area contributed by atoms with Gasteiger partial charge in [-0.15, -0.1) is 0 Å². The average molecular weight is 591 g/mol. The molecule has 1 fully saturated rings. The molecule has 0 aliphatic heterocycles. The summed E-state index contributed by atoms with van der Waals surface area (Å²) in [5, 5.41) is 5.47. The van der Waals surface area contributed by atoms with Crippen molar-refractivity contribution in [1.82, 2.24) is 14.5 Å². The van der Waals surface area contributed by atoms with Crippen molar-refractivity contribution in [2.45, 2.75) is 62.6 Å². The number of likely N-dealkylation sites (N-methyl/N-ethyl adjacent to an activating group) is 1. The van der Waals surface area contributed by atoms with Crippen LogP contribution in [0.2, 0.25) is 10.0 Å². The number of benzene rings is 3. The minimum Gasteiger partial charge on any atom is -0.352 e. The van der Waals surface area contributed by atoms with E-state index >= 15 is 0 Å².